The first-order valence-corrected chi connectivity index (χ1v) is 9.27. The normalized spacial score (nSPS) is 15.8. The Kier molecular flexibility index (Phi) is 4.57. The van der Waals surface area contributed by atoms with Crippen molar-refractivity contribution in [2.24, 2.45) is 0 Å². The molecule has 0 aliphatic heterocycles. The first kappa shape index (κ1) is 16.2. The fourth-order valence-electron chi connectivity index (χ4n) is 3.01. The quantitative estimate of drug-likeness (QED) is 0.881. The van der Waals surface area contributed by atoms with Crippen LogP contribution in [0.1, 0.15) is 29.3 Å². The van der Waals surface area contributed by atoms with E-state index in [2.05, 4.69) is 4.72 Å². The van der Waals surface area contributed by atoms with E-state index in [1.165, 1.54) is 5.56 Å². The van der Waals surface area contributed by atoms with Gasteiger partial charge in [0.2, 0.25) is 10.0 Å². The first-order valence-electron chi connectivity index (χ1n) is 7.78. The second kappa shape index (κ2) is 6.47. The van der Waals surface area contributed by atoms with E-state index >= 15 is 0 Å². The van der Waals surface area contributed by atoms with Crippen LogP contribution in [0.5, 0.6) is 0 Å². The SMILES string of the molecule is CN(C)[C@H](CNS(=O)(=O)c1ccc2c(c1)CCC2)c1ccco1. The van der Waals surface area contributed by atoms with E-state index in [1.54, 1.807) is 18.4 Å². The van der Waals surface area contributed by atoms with E-state index in [4.69, 9.17) is 4.42 Å². The Labute approximate surface area is 137 Å². The van der Waals surface area contributed by atoms with Gasteiger partial charge < -0.3 is 4.42 Å². The number of likely N-dealkylation sites (N-methyl/N-ethyl adjacent to an activating group) is 1. The molecule has 2 aromatic rings. The summed E-state index contributed by atoms with van der Waals surface area (Å²) in [6.07, 6.45) is 4.71. The van der Waals surface area contributed by atoms with Crippen LogP contribution in [-0.2, 0) is 22.9 Å². The first-order chi connectivity index (χ1) is 11.0. The molecule has 1 heterocycles. The van der Waals surface area contributed by atoms with Gasteiger partial charge in [-0.25, -0.2) is 13.1 Å². The number of nitrogens with one attached hydrogen (secondary N) is 1. The van der Waals surface area contributed by atoms with Crippen LogP contribution in [-0.4, -0.2) is 34.0 Å². The lowest BCUT2D eigenvalue weighted by Crippen LogP contribution is -2.34. The van der Waals surface area contributed by atoms with E-state index < -0.39 is 10.0 Å². The number of hydrogen-bond acceptors (Lipinski definition) is 4. The molecular formula is C17H22N2O3S. The van der Waals surface area contributed by atoms with Gasteiger partial charge in [-0.15, -0.1) is 0 Å². The maximum absolute atomic E-state index is 12.6. The Morgan fingerprint density at radius 1 is 1.22 bits per heavy atom. The van der Waals surface area contributed by atoms with Crippen LogP contribution in [0, 0.1) is 0 Å². The predicted octanol–water partition coefficient (Wildman–Crippen LogP) is 2.35. The maximum atomic E-state index is 12.6. The van der Waals surface area contributed by atoms with Gasteiger partial charge in [0.25, 0.3) is 0 Å². The smallest absolute Gasteiger partial charge is 0.240 e. The molecule has 0 amide bonds. The van der Waals surface area contributed by atoms with E-state index in [9.17, 15) is 8.42 Å². The molecule has 0 spiro atoms. The summed E-state index contributed by atoms with van der Waals surface area (Å²) in [6.45, 7) is 0.264. The molecule has 1 aromatic carbocycles. The number of fused-ring (bicyclic) bond motifs is 1. The highest BCUT2D eigenvalue weighted by molar-refractivity contribution is 7.89. The fraction of sp³-hybridized carbons (Fsp3) is 0.412. The van der Waals surface area contributed by atoms with E-state index in [1.807, 2.05) is 37.2 Å². The summed E-state index contributed by atoms with van der Waals surface area (Å²) < 4.78 is 33.3. The van der Waals surface area contributed by atoms with Crippen LogP contribution in [0.25, 0.3) is 0 Å². The Morgan fingerprint density at radius 3 is 2.70 bits per heavy atom. The Morgan fingerprint density at radius 2 is 2.00 bits per heavy atom. The monoisotopic (exact) mass is 334 g/mol. The average molecular weight is 334 g/mol. The van der Waals surface area contributed by atoms with Crippen molar-refractivity contribution in [2.45, 2.75) is 30.2 Å². The van der Waals surface area contributed by atoms with E-state index in [0.29, 0.717) is 4.90 Å². The lowest BCUT2D eigenvalue weighted by atomic mass is 10.1. The molecule has 5 nitrogen and oxygen atoms in total. The van der Waals surface area contributed by atoms with Crippen LogP contribution in [0.3, 0.4) is 0 Å². The molecule has 23 heavy (non-hydrogen) atoms. The van der Waals surface area contributed by atoms with Gasteiger partial charge >= 0.3 is 0 Å². The average Bonchev–Trinajstić information content (AvgIpc) is 3.17. The van der Waals surface area contributed by atoms with Crippen molar-refractivity contribution in [3.05, 3.63) is 53.5 Å². The van der Waals surface area contributed by atoms with Gasteiger partial charge in [0, 0.05) is 6.54 Å². The molecule has 0 saturated carbocycles. The second-order valence-electron chi connectivity index (χ2n) is 6.13. The van der Waals surface area contributed by atoms with Crippen LogP contribution in [0.2, 0.25) is 0 Å². The minimum atomic E-state index is -3.52. The summed E-state index contributed by atoms with van der Waals surface area (Å²) in [5, 5.41) is 0. The predicted molar refractivity (Wildman–Crippen MR) is 88.8 cm³/mol. The van der Waals surface area contributed by atoms with Gasteiger partial charge in [-0.1, -0.05) is 6.07 Å². The summed E-state index contributed by atoms with van der Waals surface area (Å²) in [7, 11) is 0.280. The minimum absolute atomic E-state index is 0.144. The molecule has 1 aromatic heterocycles. The van der Waals surface area contributed by atoms with Crippen LogP contribution >= 0.6 is 0 Å². The van der Waals surface area contributed by atoms with Crippen molar-refractivity contribution >= 4 is 10.0 Å². The molecular weight excluding hydrogens is 312 g/mol. The molecule has 1 N–H and O–H groups in total. The molecule has 6 heteroatoms. The number of rotatable bonds is 6. The summed E-state index contributed by atoms with van der Waals surface area (Å²) in [6, 6.07) is 8.96. The van der Waals surface area contributed by atoms with E-state index in [0.717, 1.165) is 30.6 Å². The maximum Gasteiger partial charge on any atom is 0.240 e. The summed E-state index contributed by atoms with van der Waals surface area (Å²) >= 11 is 0. The molecule has 124 valence electrons. The number of aryl methyl sites for hydroxylation is 2. The zero-order chi connectivity index (χ0) is 16.4. The molecule has 0 unspecified atom stereocenters. The van der Waals surface area contributed by atoms with E-state index in [-0.39, 0.29) is 12.6 Å². The number of sulfonamides is 1. The van der Waals surface area contributed by atoms with Crippen molar-refractivity contribution in [3.63, 3.8) is 0 Å². The van der Waals surface area contributed by atoms with Crippen molar-refractivity contribution in [1.82, 2.24) is 9.62 Å². The van der Waals surface area contributed by atoms with Crippen molar-refractivity contribution in [3.8, 4) is 0 Å². The second-order valence-corrected chi connectivity index (χ2v) is 7.90. The number of nitrogens with zero attached hydrogens (tertiary/aromatic N) is 1. The molecule has 1 aliphatic rings. The fourth-order valence-corrected chi connectivity index (χ4v) is 4.09. The van der Waals surface area contributed by atoms with Gasteiger partial charge in [0.05, 0.1) is 17.2 Å². The number of benzene rings is 1. The topological polar surface area (TPSA) is 62.6 Å². The van der Waals surface area contributed by atoms with Gasteiger partial charge in [0.15, 0.2) is 0 Å². The molecule has 0 radical (unpaired) electrons. The van der Waals surface area contributed by atoms with Crippen LogP contribution < -0.4 is 4.72 Å². The summed E-state index contributed by atoms with van der Waals surface area (Å²) in [5.74, 6) is 0.742. The standard InChI is InChI=1S/C17H22N2O3S/c1-19(2)16(17-7-4-10-22-17)12-18-23(20,21)15-9-8-13-5-3-6-14(13)11-15/h4,7-11,16,18H,3,5-6,12H2,1-2H3/t16-/m1/s1. The zero-order valence-corrected chi connectivity index (χ0v) is 14.3. The van der Waals surface area contributed by atoms with Gasteiger partial charge in [-0.2, -0.15) is 0 Å². The zero-order valence-electron chi connectivity index (χ0n) is 13.5. The molecule has 0 bridgehead atoms. The number of furan rings is 1. The Bertz CT molecular complexity index is 767. The molecule has 1 aliphatic carbocycles. The van der Waals surface area contributed by atoms with Crippen LogP contribution in [0.15, 0.2) is 45.9 Å². The highest BCUT2D eigenvalue weighted by Crippen LogP contribution is 2.25. The highest BCUT2D eigenvalue weighted by Gasteiger charge is 2.22. The Hall–Kier alpha value is -1.63. The minimum Gasteiger partial charge on any atom is -0.468 e. The largest absolute Gasteiger partial charge is 0.468 e. The highest BCUT2D eigenvalue weighted by atomic mass is 32.2. The third-order valence-electron chi connectivity index (χ3n) is 4.34. The van der Waals surface area contributed by atoms with Gasteiger partial charge in [0.1, 0.15) is 5.76 Å². The van der Waals surface area contributed by atoms with Crippen molar-refractivity contribution < 1.29 is 12.8 Å². The van der Waals surface area contributed by atoms with Crippen molar-refractivity contribution in [1.29, 1.82) is 0 Å². The Balaban J connectivity index is 1.76. The molecule has 3 rings (SSSR count). The molecule has 1 atom stereocenters. The summed E-state index contributed by atoms with van der Waals surface area (Å²) in [5.41, 5.74) is 2.42. The lowest BCUT2D eigenvalue weighted by Gasteiger charge is -2.22. The van der Waals surface area contributed by atoms with Gasteiger partial charge in [-0.3, -0.25) is 4.90 Å². The summed E-state index contributed by atoms with van der Waals surface area (Å²) in [4.78, 5) is 2.28. The van der Waals surface area contributed by atoms with Crippen LogP contribution in [0.4, 0.5) is 0 Å². The lowest BCUT2D eigenvalue weighted by molar-refractivity contribution is 0.259. The molecule has 0 saturated heterocycles. The number of hydrogen-bond donors (Lipinski definition) is 1. The van der Waals surface area contributed by atoms with Crippen molar-refractivity contribution in [2.75, 3.05) is 20.6 Å². The third-order valence-corrected chi connectivity index (χ3v) is 5.76. The van der Waals surface area contributed by atoms with Gasteiger partial charge in [-0.05, 0) is 68.8 Å². The molecule has 0 fully saturated rings. The third kappa shape index (κ3) is 3.49.